The van der Waals surface area contributed by atoms with Crippen LogP contribution in [0.25, 0.3) is 11.1 Å². The van der Waals surface area contributed by atoms with Crippen molar-refractivity contribution in [3.8, 4) is 16.9 Å². The van der Waals surface area contributed by atoms with Crippen molar-refractivity contribution in [1.29, 1.82) is 0 Å². The van der Waals surface area contributed by atoms with E-state index in [1.165, 1.54) is 0 Å². The van der Waals surface area contributed by atoms with Gasteiger partial charge in [0.15, 0.2) is 0 Å². The van der Waals surface area contributed by atoms with Crippen LogP contribution in [0.1, 0.15) is 39.9 Å². The number of hydrogen-bond acceptors (Lipinski definition) is 3. The largest absolute Gasteiger partial charge is 0.489 e. The molecule has 0 saturated carbocycles. The lowest BCUT2D eigenvalue weighted by Crippen LogP contribution is -2.24. The highest BCUT2D eigenvalue weighted by Gasteiger charge is 2.20. The minimum absolute atomic E-state index is 0.132. The van der Waals surface area contributed by atoms with Crippen LogP contribution >= 0.6 is 0 Å². The summed E-state index contributed by atoms with van der Waals surface area (Å²) in [6, 6.07) is 33.6. The van der Waals surface area contributed by atoms with Gasteiger partial charge < -0.3 is 15.0 Å². The molecule has 0 unspecified atom stereocenters. The molecule has 186 valence electrons. The quantitative estimate of drug-likeness (QED) is 0.314. The predicted octanol–water partition coefficient (Wildman–Crippen LogP) is 5.99. The van der Waals surface area contributed by atoms with Crippen molar-refractivity contribution in [2.75, 3.05) is 6.54 Å². The van der Waals surface area contributed by atoms with Crippen LogP contribution in [0.3, 0.4) is 0 Å². The van der Waals surface area contributed by atoms with Gasteiger partial charge in [-0.05, 0) is 46.9 Å². The molecule has 1 aliphatic rings. The molecule has 4 aromatic rings. The molecule has 0 bridgehead atoms. The minimum atomic E-state index is -0.132. The number of rotatable bonds is 9. The van der Waals surface area contributed by atoms with Gasteiger partial charge in [-0.3, -0.25) is 9.59 Å². The molecule has 0 spiro atoms. The van der Waals surface area contributed by atoms with E-state index in [9.17, 15) is 9.59 Å². The Bertz CT molecular complexity index is 1370. The molecule has 37 heavy (non-hydrogen) atoms. The molecule has 0 atom stereocenters. The normalized spacial score (nSPS) is 13.0. The van der Waals surface area contributed by atoms with Crippen LogP contribution in [0, 0.1) is 0 Å². The van der Waals surface area contributed by atoms with Crippen LogP contribution < -0.4 is 10.1 Å². The predicted molar refractivity (Wildman–Crippen MR) is 145 cm³/mol. The Labute approximate surface area is 217 Å². The minimum Gasteiger partial charge on any atom is -0.489 e. The fourth-order valence-corrected chi connectivity index (χ4v) is 4.65. The second-order valence-electron chi connectivity index (χ2n) is 9.21. The summed E-state index contributed by atoms with van der Waals surface area (Å²) in [6.45, 7) is 2.22. The molecule has 5 nitrogen and oxygen atoms in total. The van der Waals surface area contributed by atoms with E-state index in [1.54, 1.807) is 0 Å². The first kappa shape index (κ1) is 24.3. The highest BCUT2D eigenvalue weighted by Crippen LogP contribution is 2.25. The number of ether oxygens (including phenoxy) is 1. The van der Waals surface area contributed by atoms with Crippen molar-refractivity contribution in [3.63, 3.8) is 0 Å². The molecular formula is C32H30N2O3. The summed E-state index contributed by atoms with van der Waals surface area (Å²) < 4.78 is 5.88. The lowest BCUT2D eigenvalue weighted by atomic mass is 9.98. The third kappa shape index (κ3) is 6.07. The third-order valence-electron chi connectivity index (χ3n) is 6.67. The number of nitrogens with one attached hydrogen (secondary N) is 1. The lowest BCUT2D eigenvalue weighted by Gasteiger charge is -2.16. The molecule has 1 N–H and O–H groups in total. The average molecular weight is 491 g/mol. The summed E-state index contributed by atoms with van der Waals surface area (Å²) in [5.41, 5.74) is 5.77. The number of amides is 2. The van der Waals surface area contributed by atoms with Crippen LogP contribution in [0.15, 0.2) is 103 Å². The zero-order chi connectivity index (χ0) is 25.5. The van der Waals surface area contributed by atoms with Crippen LogP contribution in [0.4, 0.5) is 0 Å². The van der Waals surface area contributed by atoms with Gasteiger partial charge in [-0.25, -0.2) is 0 Å². The summed E-state index contributed by atoms with van der Waals surface area (Å²) in [6.07, 6.45) is 1.60. The van der Waals surface area contributed by atoms with Gasteiger partial charge in [-0.1, -0.05) is 84.9 Å². The SMILES string of the molecule is O=C(NCc1ccccc1-c1ccc(CN2CCCC2=O)cc1)c1ccccc1COc1ccccc1. The summed E-state index contributed by atoms with van der Waals surface area (Å²) >= 11 is 0. The molecule has 2 amide bonds. The fourth-order valence-electron chi connectivity index (χ4n) is 4.65. The maximum Gasteiger partial charge on any atom is 0.251 e. The van der Waals surface area contributed by atoms with Crippen LogP contribution in [0.2, 0.25) is 0 Å². The number of benzene rings is 4. The smallest absolute Gasteiger partial charge is 0.251 e. The van der Waals surface area contributed by atoms with Crippen LogP contribution in [-0.2, 0) is 24.5 Å². The van der Waals surface area contributed by atoms with Gasteiger partial charge in [0.2, 0.25) is 5.91 Å². The van der Waals surface area contributed by atoms with Crippen molar-refractivity contribution in [2.24, 2.45) is 0 Å². The number of nitrogens with zero attached hydrogens (tertiary/aromatic N) is 1. The topological polar surface area (TPSA) is 58.6 Å². The zero-order valence-electron chi connectivity index (χ0n) is 20.7. The van der Waals surface area contributed by atoms with Gasteiger partial charge in [-0.2, -0.15) is 0 Å². The fraction of sp³-hybridized carbons (Fsp3) is 0.188. The van der Waals surface area contributed by atoms with Crippen molar-refractivity contribution in [2.45, 2.75) is 32.5 Å². The van der Waals surface area contributed by atoms with E-state index >= 15 is 0 Å². The van der Waals surface area contributed by atoms with Gasteiger partial charge in [0.25, 0.3) is 5.91 Å². The molecule has 1 saturated heterocycles. The molecule has 1 heterocycles. The number of hydrogen-bond donors (Lipinski definition) is 1. The van der Waals surface area contributed by atoms with Gasteiger partial charge in [0.1, 0.15) is 12.4 Å². The first-order chi connectivity index (χ1) is 18.2. The Morgan fingerprint density at radius 3 is 2.27 bits per heavy atom. The maximum absolute atomic E-state index is 13.1. The Balaban J connectivity index is 1.25. The summed E-state index contributed by atoms with van der Waals surface area (Å²) in [4.78, 5) is 27.0. The van der Waals surface area contributed by atoms with E-state index in [2.05, 4.69) is 35.6 Å². The van der Waals surface area contributed by atoms with E-state index in [1.807, 2.05) is 77.7 Å². The van der Waals surface area contributed by atoms with Crippen molar-refractivity contribution >= 4 is 11.8 Å². The summed E-state index contributed by atoms with van der Waals surface area (Å²) in [5.74, 6) is 0.871. The van der Waals surface area contributed by atoms with E-state index < -0.39 is 0 Å². The Hall–Kier alpha value is -4.38. The van der Waals surface area contributed by atoms with Crippen LogP contribution in [-0.4, -0.2) is 23.3 Å². The number of para-hydroxylation sites is 1. The monoisotopic (exact) mass is 490 g/mol. The molecule has 5 heteroatoms. The van der Waals surface area contributed by atoms with E-state index in [4.69, 9.17) is 4.74 Å². The first-order valence-corrected chi connectivity index (χ1v) is 12.7. The average Bonchev–Trinajstić information content (AvgIpc) is 3.36. The van der Waals surface area contributed by atoms with Gasteiger partial charge >= 0.3 is 0 Å². The lowest BCUT2D eigenvalue weighted by molar-refractivity contribution is -0.128. The summed E-state index contributed by atoms with van der Waals surface area (Å²) in [7, 11) is 0. The molecule has 0 radical (unpaired) electrons. The zero-order valence-corrected chi connectivity index (χ0v) is 20.7. The molecule has 1 aliphatic heterocycles. The highest BCUT2D eigenvalue weighted by atomic mass is 16.5. The number of carbonyl (C=O) groups is 2. The van der Waals surface area contributed by atoms with Crippen molar-refractivity contribution in [1.82, 2.24) is 10.2 Å². The number of likely N-dealkylation sites (tertiary alicyclic amines) is 1. The standard InChI is InChI=1S/C32H30N2O3/c35-31-15-8-20-34(31)22-24-16-18-25(19-17-24)29-13-6-4-9-26(29)21-33-32(36)30-14-7-5-10-27(30)23-37-28-11-2-1-3-12-28/h1-7,9-14,16-19H,8,15,20-23H2,(H,33,36). The molecular weight excluding hydrogens is 460 g/mol. The Morgan fingerprint density at radius 1 is 0.811 bits per heavy atom. The first-order valence-electron chi connectivity index (χ1n) is 12.7. The molecule has 0 aromatic heterocycles. The second-order valence-corrected chi connectivity index (χ2v) is 9.21. The Morgan fingerprint density at radius 2 is 1.51 bits per heavy atom. The van der Waals surface area contributed by atoms with Gasteiger partial charge in [-0.15, -0.1) is 0 Å². The second kappa shape index (κ2) is 11.6. The van der Waals surface area contributed by atoms with Crippen LogP contribution in [0.5, 0.6) is 5.75 Å². The highest BCUT2D eigenvalue weighted by molar-refractivity contribution is 5.95. The van der Waals surface area contributed by atoms with Gasteiger partial charge in [0, 0.05) is 37.2 Å². The summed E-state index contributed by atoms with van der Waals surface area (Å²) in [5, 5.41) is 3.09. The van der Waals surface area contributed by atoms with E-state index in [0.29, 0.717) is 31.7 Å². The van der Waals surface area contributed by atoms with Gasteiger partial charge in [0.05, 0.1) is 0 Å². The number of carbonyl (C=O) groups excluding carboxylic acids is 2. The van der Waals surface area contributed by atoms with Crippen molar-refractivity contribution < 1.29 is 14.3 Å². The molecule has 1 fully saturated rings. The third-order valence-corrected chi connectivity index (χ3v) is 6.67. The van der Waals surface area contributed by atoms with E-state index in [0.717, 1.165) is 46.5 Å². The molecule has 0 aliphatic carbocycles. The maximum atomic E-state index is 13.1. The Kier molecular flexibility index (Phi) is 7.60. The van der Waals surface area contributed by atoms with Crippen molar-refractivity contribution in [3.05, 3.63) is 125 Å². The molecule has 5 rings (SSSR count). The molecule has 4 aromatic carbocycles. The van der Waals surface area contributed by atoms with E-state index in [-0.39, 0.29) is 11.8 Å².